The van der Waals surface area contributed by atoms with Crippen LogP contribution in [0.5, 0.6) is 0 Å². The third-order valence-electron chi connectivity index (χ3n) is 2.21. The first-order chi connectivity index (χ1) is 9.08. The van der Waals surface area contributed by atoms with E-state index in [2.05, 4.69) is 53.8 Å². The summed E-state index contributed by atoms with van der Waals surface area (Å²) < 4.78 is 7.17. The molecule has 100 valence electrons. The standard InChI is InChI=1S/C12H10BrClIN3O/c1-19-6-12-17-10(14)5-11(18-12)16-7-2-3-8(13)9(15)4-7/h2-5H,6H2,1H3,(H,16,17,18). The van der Waals surface area contributed by atoms with Crippen molar-refractivity contribution in [3.05, 3.63) is 43.3 Å². The molecule has 0 saturated carbocycles. The lowest BCUT2D eigenvalue weighted by Gasteiger charge is -2.08. The lowest BCUT2D eigenvalue weighted by Crippen LogP contribution is -2.01. The van der Waals surface area contributed by atoms with E-state index < -0.39 is 0 Å². The number of hydrogen-bond donors (Lipinski definition) is 1. The topological polar surface area (TPSA) is 47.0 Å². The normalized spacial score (nSPS) is 10.5. The predicted octanol–water partition coefficient (Wildman–Crippen LogP) is 4.39. The number of aromatic nitrogens is 2. The van der Waals surface area contributed by atoms with Crippen LogP contribution < -0.4 is 5.32 Å². The molecule has 0 fully saturated rings. The molecule has 1 aromatic carbocycles. The van der Waals surface area contributed by atoms with Crippen LogP contribution in [0.1, 0.15) is 5.82 Å². The molecule has 0 aliphatic heterocycles. The van der Waals surface area contributed by atoms with Crippen molar-refractivity contribution in [1.29, 1.82) is 0 Å². The number of methoxy groups -OCH3 is 1. The summed E-state index contributed by atoms with van der Waals surface area (Å²) in [7, 11) is 1.59. The Morgan fingerprint density at radius 2 is 2.16 bits per heavy atom. The zero-order chi connectivity index (χ0) is 13.8. The summed E-state index contributed by atoms with van der Waals surface area (Å²) in [5.74, 6) is 1.19. The van der Waals surface area contributed by atoms with Crippen LogP contribution in [0.15, 0.2) is 28.7 Å². The van der Waals surface area contributed by atoms with E-state index >= 15 is 0 Å². The molecule has 1 N–H and O–H groups in total. The van der Waals surface area contributed by atoms with E-state index in [4.69, 9.17) is 16.3 Å². The van der Waals surface area contributed by atoms with Gasteiger partial charge in [0.05, 0.1) is 0 Å². The fourth-order valence-corrected chi connectivity index (χ4v) is 2.41. The average Bonchev–Trinajstić information content (AvgIpc) is 2.33. The molecule has 2 rings (SSSR count). The lowest BCUT2D eigenvalue weighted by molar-refractivity contribution is 0.178. The summed E-state index contributed by atoms with van der Waals surface area (Å²) in [5.41, 5.74) is 0.936. The Bertz CT molecular complexity index is 597. The van der Waals surface area contributed by atoms with Crippen LogP contribution in [0.25, 0.3) is 0 Å². The van der Waals surface area contributed by atoms with Gasteiger partial charge in [0.1, 0.15) is 17.6 Å². The molecule has 0 unspecified atom stereocenters. The molecule has 0 spiro atoms. The average molecular weight is 454 g/mol. The van der Waals surface area contributed by atoms with Gasteiger partial charge in [-0.1, -0.05) is 11.6 Å². The van der Waals surface area contributed by atoms with Gasteiger partial charge in [-0.2, -0.15) is 0 Å². The number of benzene rings is 1. The van der Waals surface area contributed by atoms with Crippen molar-refractivity contribution < 1.29 is 4.74 Å². The van der Waals surface area contributed by atoms with E-state index in [0.717, 1.165) is 13.7 Å². The Kier molecular flexibility index (Phi) is 5.37. The number of hydrogen-bond acceptors (Lipinski definition) is 4. The van der Waals surface area contributed by atoms with Crippen LogP contribution >= 0.6 is 50.1 Å². The summed E-state index contributed by atoms with van der Waals surface area (Å²) in [6, 6.07) is 7.62. The van der Waals surface area contributed by atoms with Crippen LogP contribution in [0, 0.1) is 3.57 Å². The first-order valence-corrected chi connectivity index (χ1v) is 7.58. The van der Waals surface area contributed by atoms with Gasteiger partial charge in [-0.25, -0.2) is 9.97 Å². The largest absolute Gasteiger partial charge is 0.377 e. The Morgan fingerprint density at radius 3 is 2.84 bits per heavy atom. The smallest absolute Gasteiger partial charge is 0.158 e. The Labute approximate surface area is 138 Å². The second-order valence-electron chi connectivity index (χ2n) is 3.68. The third kappa shape index (κ3) is 4.27. The van der Waals surface area contributed by atoms with Crippen molar-refractivity contribution >= 4 is 61.6 Å². The first-order valence-electron chi connectivity index (χ1n) is 5.33. The Hall–Kier alpha value is -0.440. The number of anilines is 2. The summed E-state index contributed by atoms with van der Waals surface area (Å²) in [6.07, 6.45) is 0. The van der Waals surface area contributed by atoms with Gasteiger partial charge in [-0.15, -0.1) is 0 Å². The van der Waals surface area contributed by atoms with Gasteiger partial charge in [0.25, 0.3) is 0 Å². The summed E-state index contributed by atoms with van der Waals surface area (Å²) >= 11 is 11.7. The van der Waals surface area contributed by atoms with Gasteiger partial charge in [0.2, 0.25) is 0 Å². The molecule has 0 radical (unpaired) electrons. The molecular formula is C12H10BrClIN3O. The summed E-state index contributed by atoms with van der Waals surface area (Å²) in [4.78, 5) is 8.40. The van der Waals surface area contributed by atoms with Crippen molar-refractivity contribution in [2.75, 3.05) is 12.4 Å². The van der Waals surface area contributed by atoms with Gasteiger partial charge >= 0.3 is 0 Å². The molecule has 7 heteroatoms. The number of nitrogens with zero attached hydrogens (tertiary/aromatic N) is 2. The second kappa shape index (κ2) is 6.83. The molecule has 0 bridgehead atoms. The SMILES string of the molecule is COCc1nc(Cl)cc(Nc2ccc(Br)c(I)c2)n1. The van der Waals surface area contributed by atoms with Gasteiger partial charge in [0, 0.05) is 26.9 Å². The van der Waals surface area contributed by atoms with Crippen LogP contribution in [-0.4, -0.2) is 17.1 Å². The van der Waals surface area contributed by atoms with E-state index in [1.54, 1.807) is 13.2 Å². The molecule has 0 aliphatic rings. The molecule has 1 heterocycles. The van der Waals surface area contributed by atoms with Gasteiger partial charge in [-0.05, 0) is 56.7 Å². The van der Waals surface area contributed by atoms with Crippen molar-refractivity contribution in [2.24, 2.45) is 0 Å². The third-order valence-corrected chi connectivity index (χ3v) is 4.73. The molecule has 0 amide bonds. The van der Waals surface area contributed by atoms with Crippen molar-refractivity contribution in [2.45, 2.75) is 6.61 Å². The van der Waals surface area contributed by atoms with Gasteiger partial charge < -0.3 is 10.1 Å². The lowest BCUT2D eigenvalue weighted by atomic mass is 10.3. The number of rotatable bonds is 4. The van der Waals surface area contributed by atoms with E-state index in [1.165, 1.54) is 0 Å². The summed E-state index contributed by atoms with van der Waals surface area (Å²) in [6.45, 7) is 0.327. The maximum Gasteiger partial charge on any atom is 0.158 e. The van der Waals surface area contributed by atoms with Gasteiger partial charge in [-0.3, -0.25) is 0 Å². The summed E-state index contributed by atoms with van der Waals surface area (Å²) in [5, 5.41) is 3.58. The first kappa shape index (κ1) is 15.0. The molecule has 0 saturated heterocycles. The van der Waals surface area contributed by atoms with Gasteiger partial charge in [0.15, 0.2) is 5.82 Å². The predicted molar refractivity (Wildman–Crippen MR) is 87.9 cm³/mol. The fraction of sp³-hybridized carbons (Fsp3) is 0.167. The van der Waals surface area contributed by atoms with Crippen LogP contribution in [0.4, 0.5) is 11.5 Å². The fourth-order valence-electron chi connectivity index (χ4n) is 1.44. The highest BCUT2D eigenvalue weighted by molar-refractivity contribution is 14.1. The minimum atomic E-state index is 0.327. The molecule has 0 atom stereocenters. The zero-order valence-corrected chi connectivity index (χ0v) is 14.5. The quantitative estimate of drug-likeness (QED) is 0.550. The Morgan fingerprint density at radius 1 is 1.37 bits per heavy atom. The second-order valence-corrected chi connectivity index (χ2v) is 6.08. The maximum absolute atomic E-state index is 5.95. The van der Waals surface area contributed by atoms with E-state index in [1.807, 2.05) is 18.2 Å². The number of nitrogens with one attached hydrogen (secondary N) is 1. The monoisotopic (exact) mass is 453 g/mol. The molecule has 0 aliphatic carbocycles. The molecule has 19 heavy (non-hydrogen) atoms. The van der Waals surface area contributed by atoms with E-state index in [0.29, 0.717) is 23.4 Å². The highest BCUT2D eigenvalue weighted by Crippen LogP contribution is 2.25. The van der Waals surface area contributed by atoms with E-state index in [-0.39, 0.29) is 0 Å². The zero-order valence-electron chi connectivity index (χ0n) is 9.95. The van der Waals surface area contributed by atoms with Crippen molar-refractivity contribution in [1.82, 2.24) is 9.97 Å². The van der Waals surface area contributed by atoms with Crippen molar-refractivity contribution in [3.8, 4) is 0 Å². The molecule has 1 aromatic heterocycles. The highest BCUT2D eigenvalue weighted by atomic mass is 127. The van der Waals surface area contributed by atoms with Crippen LogP contribution in [-0.2, 0) is 11.3 Å². The molecular weight excluding hydrogens is 444 g/mol. The molecule has 4 nitrogen and oxygen atoms in total. The number of ether oxygens (including phenoxy) is 1. The maximum atomic E-state index is 5.95. The molecule has 2 aromatic rings. The van der Waals surface area contributed by atoms with Crippen LogP contribution in [0.2, 0.25) is 5.15 Å². The van der Waals surface area contributed by atoms with Crippen molar-refractivity contribution in [3.63, 3.8) is 0 Å². The minimum Gasteiger partial charge on any atom is -0.377 e. The highest BCUT2D eigenvalue weighted by Gasteiger charge is 2.05. The Balaban J connectivity index is 2.24. The van der Waals surface area contributed by atoms with Crippen LogP contribution in [0.3, 0.4) is 0 Å². The minimum absolute atomic E-state index is 0.327. The van der Waals surface area contributed by atoms with E-state index in [9.17, 15) is 0 Å². The number of halogens is 3.